The van der Waals surface area contributed by atoms with Crippen LogP contribution in [0.2, 0.25) is 5.02 Å². The van der Waals surface area contributed by atoms with Crippen LogP contribution in [0.4, 0.5) is 0 Å². The third-order valence-electron chi connectivity index (χ3n) is 3.00. The summed E-state index contributed by atoms with van der Waals surface area (Å²) < 4.78 is 7.71. The Bertz CT molecular complexity index is 551. The van der Waals surface area contributed by atoms with Gasteiger partial charge in [-0.25, -0.2) is 4.98 Å². The molecule has 1 heterocycles. The first-order chi connectivity index (χ1) is 9.08. The molecule has 0 fully saturated rings. The van der Waals surface area contributed by atoms with Crippen molar-refractivity contribution in [3.05, 3.63) is 47.0 Å². The molecule has 2 N–H and O–H groups in total. The Kier molecular flexibility index (Phi) is 4.45. The van der Waals surface area contributed by atoms with Crippen LogP contribution in [0.1, 0.15) is 24.4 Å². The summed E-state index contributed by atoms with van der Waals surface area (Å²) >= 11 is 6.17. The van der Waals surface area contributed by atoms with E-state index in [0.717, 1.165) is 17.9 Å². The summed E-state index contributed by atoms with van der Waals surface area (Å²) in [6, 6.07) is 5.63. The molecule has 1 aromatic carbocycles. The van der Waals surface area contributed by atoms with Gasteiger partial charge >= 0.3 is 0 Å². The first kappa shape index (κ1) is 13.9. The van der Waals surface area contributed by atoms with Crippen LogP contribution in [0.25, 0.3) is 0 Å². The Morgan fingerprint density at radius 1 is 1.47 bits per heavy atom. The fraction of sp³-hybridized carbons (Fsp3) is 0.357. The Hall–Kier alpha value is -1.52. The second-order valence-corrected chi connectivity index (χ2v) is 4.90. The minimum atomic E-state index is -0.0276. The van der Waals surface area contributed by atoms with E-state index in [2.05, 4.69) is 4.98 Å². The molecule has 0 radical (unpaired) electrons. The zero-order valence-electron chi connectivity index (χ0n) is 11.1. The third-order valence-corrected chi connectivity index (χ3v) is 3.29. The van der Waals surface area contributed by atoms with E-state index in [-0.39, 0.29) is 6.04 Å². The van der Waals surface area contributed by atoms with Crippen molar-refractivity contribution in [1.29, 1.82) is 0 Å². The van der Waals surface area contributed by atoms with Gasteiger partial charge in [-0.2, -0.15) is 0 Å². The number of halogens is 1. The minimum absolute atomic E-state index is 0.0276. The quantitative estimate of drug-likeness (QED) is 0.915. The average Bonchev–Trinajstić information content (AvgIpc) is 2.77. The fourth-order valence-electron chi connectivity index (χ4n) is 1.81. The number of ether oxygens (including phenoxy) is 1. The summed E-state index contributed by atoms with van der Waals surface area (Å²) in [6.45, 7) is 5.18. The van der Waals surface area contributed by atoms with Crippen molar-refractivity contribution >= 4 is 11.6 Å². The van der Waals surface area contributed by atoms with Crippen LogP contribution in [0.15, 0.2) is 30.6 Å². The van der Waals surface area contributed by atoms with Gasteiger partial charge in [-0.15, -0.1) is 0 Å². The van der Waals surface area contributed by atoms with Gasteiger partial charge < -0.3 is 15.0 Å². The zero-order chi connectivity index (χ0) is 13.8. The van der Waals surface area contributed by atoms with E-state index >= 15 is 0 Å². The smallest absolute Gasteiger partial charge is 0.137 e. The van der Waals surface area contributed by atoms with E-state index < -0.39 is 0 Å². The van der Waals surface area contributed by atoms with Gasteiger partial charge in [0.1, 0.15) is 18.2 Å². The van der Waals surface area contributed by atoms with Crippen molar-refractivity contribution in [3.63, 3.8) is 0 Å². The zero-order valence-corrected chi connectivity index (χ0v) is 11.9. The molecule has 0 saturated heterocycles. The number of nitrogens with two attached hydrogens (primary N) is 1. The molecule has 0 bridgehead atoms. The van der Waals surface area contributed by atoms with Crippen molar-refractivity contribution in [2.45, 2.75) is 26.4 Å². The first-order valence-electron chi connectivity index (χ1n) is 6.23. The van der Waals surface area contributed by atoms with Gasteiger partial charge in [-0.1, -0.05) is 17.7 Å². The molecule has 102 valence electrons. The van der Waals surface area contributed by atoms with E-state index in [4.69, 9.17) is 22.1 Å². The first-order valence-corrected chi connectivity index (χ1v) is 6.61. The topological polar surface area (TPSA) is 53.1 Å². The number of hydrogen-bond donors (Lipinski definition) is 1. The predicted octanol–water partition coefficient (Wildman–Crippen LogP) is 2.94. The largest absolute Gasteiger partial charge is 0.490 e. The molecule has 0 amide bonds. The molecule has 0 aliphatic heterocycles. The second-order valence-electron chi connectivity index (χ2n) is 4.49. The Labute approximate surface area is 118 Å². The van der Waals surface area contributed by atoms with Crippen LogP contribution >= 0.6 is 11.6 Å². The average molecular weight is 280 g/mol. The van der Waals surface area contributed by atoms with Crippen LogP contribution in [0.5, 0.6) is 5.75 Å². The van der Waals surface area contributed by atoms with Gasteiger partial charge in [0.2, 0.25) is 0 Å². The molecule has 2 aromatic rings. The van der Waals surface area contributed by atoms with Crippen LogP contribution in [0, 0.1) is 6.92 Å². The van der Waals surface area contributed by atoms with Gasteiger partial charge in [-0.3, -0.25) is 0 Å². The summed E-state index contributed by atoms with van der Waals surface area (Å²) in [5.74, 6) is 1.66. The van der Waals surface area contributed by atoms with Crippen molar-refractivity contribution < 1.29 is 4.74 Å². The summed E-state index contributed by atoms with van der Waals surface area (Å²) in [5, 5.41) is 0.595. The number of aromatic nitrogens is 2. The molecule has 5 heteroatoms. The fourth-order valence-corrected chi connectivity index (χ4v) is 2.05. The third kappa shape index (κ3) is 3.49. The van der Waals surface area contributed by atoms with Gasteiger partial charge in [0, 0.05) is 18.4 Å². The molecule has 1 aromatic heterocycles. The van der Waals surface area contributed by atoms with Crippen molar-refractivity contribution in [1.82, 2.24) is 9.55 Å². The monoisotopic (exact) mass is 279 g/mol. The molecular formula is C14H18ClN3O. The molecular weight excluding hydrogens is 262 g/mol. The molecule has 4 nitrogen and oxygen atoms in total. The Morgan fingerprint density at radius 2 is 2.26 bits per heavy atom. The normalized spacial score (nSPS) is 12.4. The maximum absolute atomic E-state index is 6.17. The lowest BCUT2D eigenvalue weighted by molar-refractivity contribution is 0.297. The lowest BCUT2D eigenvalue weighted by Crippen LogP contribution is -2.09. The van der Waals surface area contributed by atoms with E-state index in [9.17, 15) is 0 Å². The minimum Gasteiger partial charge on any atom is -0.490 e. The van der Waals surface area contributed by atoms with E-state index in [1.54, 1.807) is 6.20 Å². The predicted molar refractivity (Wildman–Crippen MR) is 76.5 cm³/mol. The number of rotatable bonds is 5. The van der Waals surface area contributed by atoms with Gasteiger partial charge in [0.05, 0.1) is 11.6 Å². The standard InChI is InChI=1S/C14H18ClN3O/c1-10(16)12-3-4-14(13(15)9-12)19-8-7-18-6-5-17-11(18)2/h3-6,9-10H,7-8,16H2,1-2H3. The number of nitrogens with zero attached hydrogens (tertiary/aromatic N) is 2. The van der Waals surface area contributed by atoms with Crippen LogP contribution in [-0.2, 0) is 6.54 Å². The maximum Gasteiger partial charge on any atom is 0.137 e. The van der Waals surface area contributed by atoms with E-state index in [1.807, 2.05) is 42.8 Å². The number of imidazole rings is 1. The maximum atomic E-state index is 6.17. The number of hydrogen-bond acceptors (Lipinski definition) is 3. The molecule has 19 heavy (non-hydrogen) atoms. The summed E-state index contributed by atoms with van der Waals surface area (Å²) in [6.07, 6.45) is 3.71. The molecule has 0 aliphatic carbocycles. The van der Waals surface area contributed by atoms with Crippen LogP contribution in [0.3, 0.4) is 0 Å². The van der Waals surface area contributed by atoms with Gasteiger partial charge in [-0.05, 0) is 31.5 Å². The van der Waals surface area contributed by atoms with Crippen molar-refractivity contribution in [3.8, 4) is 5.75 Å². The summed E-state index contributed by atoms with van der Waals surface area (Å²) in [4.78, 5) is 4.16. The van der Waals surface area contributed by atoms with Crippen LogP contribution in [-0.4, -0.2) is 16.2 Å². The highest BCUT2D eigenvalue weighted by molar-refractivity contribution is 6.32. The van der Waals surface area contributed by atoms with Gasteiger partial charge in [0.15, 0.2) is 0 Å². The highest BCUT2D eigenvalue weighted by Crippen LogP contribution is 2.27. The molecule has 0 aliphatic rings. The molecule has 2 rings (SSSR count). The Morgan fingerprint density at radius 3 is 2.84 bits per heavy atom. The molecule has 1 atom stereocenters. The second kappa shape index (κ2) is 6.08. The van der Waals surface area contributed by atoms with E-state index in [0.29, 0.717) is 17.4 Å². The summed E-state index contributed by atoms with van der Waals surface area (Å²) in [7, 11) is 0. The lowest BCUT2D eigenvalue weighted by atomic mass is 10.1. The van der Waals surface area contributed by atoms with Gasteiger partial charge in [0.25, 0.3) is 0 Å². The summed E-state index contributed by atoms with van der Waals surface area (Å²) in [5.41, 5.74) is 6.81. The highest BCUT2D eigenvalue weighted by Gasteiger charge is 2.06. The molecule has 0 spiro atoms. The Balaban J connectivity index is 1.95. The van der Waals surface area contributed by atoms with Crippen molar-refractivity contribution in [2.24, 2.45) is 5.73 Å². The highest BCUT2D eigenvalue weighted by atomic mass is 35.5. The molecule has 1 unspecified atom stereocenters. The SMILES string of the molecule is Cc1nccn1CCOc1ccc(C(C)N)cc1Cl. The van der Waals surface area contributed by atoms with E-state index in [1.165, 1.54) is 0 Å². The molecule has 0 saturated carbocycles. The van der Waals surface area contributed by atoms with Crippen LogP contribution < -0.4 is 10.5 Å². The number of benzene rings is 1. The van der Waals surface area contributed by atoms with Crippen molar-refractivity contribution in [2.75, 3.05) is 6.61 Å². The number of aryl methyl sites for hydroxylation is 1. The lowest BCUT2D eigenvalue weighted by Gasteiger charge is -2.12.